The zero-order valence-corrected chi connectivity index (χ0v) is 11.7. The molecule has 0 aromatic carbocycles. The molecule has 0 spiro atoms. The normalized spacial score (nSPS) is 21.2. The summed E-state index contributed by atoms with van der Waals surface area (Å²) in [5, 5.41) is 0. The zero-order valence-electron chi connectivity index (χ0n) is 11.7. The molecular formula is C15H31N. The van der Waals surface area contributed by atoms with Crippen molar-refractivity contribution in [2.75, 3.05) is 19.6 Å². The predicted molar refractivity (Wildman–Crippen MR) is 72.8 cm³/mol. The second-order valence-corrected chi connectivity index (χ2v) is 5.78. The molecule has 1 rings (SSSR count). The van der Waals surface area contributed by atoms with E-state index in [-0.39, 0.29) is 0 Å². The van der Waals surface area contributed by atoms with E-state index in [9.17, 15) is 0 Å². The van der Waals surface area contributed by atoms with Gasteiger partial charge in [0.1, 0.15) is 0 Å². The van der Waals surface area contributed by atoms with E-state index in [4.69, 9.17) is 0 Å². The van der Waals surface area contributed by atoms with Crippen LogP contribution >= 0.6 is 0 Å². The van der Waals surface area contributed by atoms with Gasteiger partial charge in [-0.1, -0.05) is 40.0 Å². The molecule has 0 aromatic rings. The second kappa shape index (κ2) is 8.11. The van der Waals surface area contributed by atoms with Gasteiger partial charge in [0, 0.05) is 6.54 Å². The molecule has 1 aliphatic rings. The van der Waals surface area contributed by atoms with Crippen molar-refractivity contribution in [2.45, 2.75) is 65.7 Å². The number of hydrogen-bond acceptors (Lipinski definition) is 1. The highest BCUT2D eigenvalue weighted by atomic mass is 15.1. The van der Waals surface area contributed by atoms with Gasteiger partial charge >= 0.3 is 0 Å². The Balaban J connectivity index is 2.24. The highest BCUT2D eigenvalue weighted by Crippen LogP contribution is 2.21. The SMILES string of the molecule is CCCCC(CCC)CN1CCC(C)CC1. The van der Waals surface area contributed by atoms with Crippen LogP contribution in [0.1, 0.15) is 65.7 Å². The number of hydrogen-bond donors (Lipinski definition) is 0. The Labute approximate surface area is 103 Å². The molecule has 0 aliphatic carbocycles. The number of unbranched alkanes of at least 4 members (excludes halogenated alkanes) is 1. The largest absolute Gasteiger partial charge is 0.303 e. The minimum atomic E-state index is 0.969. The van der Waals surface area contributed by atoms with Gasteiger partial charge in [0.2, 0.25) is 0 Å². The Kier molecular flexibility index (Phi) is 7.11. The Morgan fingerprint density at radius 3 is 2.31 bits per heavy atom. The predicted octanol–water partition coefficient (Wildman–Crippen LogP) is 4.32. The molecule has 0 N–H and O–H groups in total. The molecule has 0 saturated carbocycles. The Morgan fingerprint density at radius 1 is 1.06 bits per heavy atom. The summed E-state index contributed by atoms with van der Waals surface area (Å²) in [6.07, 6.45) is 9.88. The van der Waals surface area contributed by atoms with E-state index in [1.807, 2.05) is 0 Å². The van der Waals surface area contributed by atoms with Gasteiger partial charge in [-0.3, -0.25) is 0 Å². The summed E-state index contributed by atoms with van der Waals surface area (Å²) >= 11 is 0. The number of piperidine rings is 1. The summed E-state index contributed by atoms with van der Waals surface area (Å²) in [7, 11) is 0. The van der Waals surface area contributed by atoms with Gasteiger partial charge in [-0.15, -0.1) is 0 Å². The van der Waals surface area contributed by atoms with Crippen LogP contribution in [0.5, 0.6) is 0 Å². The smallest absolute Gasteiger partial charge is 0.000966 e. The zero-order chi connectivity index (χ0) is 11.8. The van der Waals surface area contributed by atoms with Gasteiger partial charge in [0.05, 0.1) is 0 Å². The van der Waals surface area contributed by atoms with E-state index >= 15 is 0 Å². The standard InChI is InChI=1S/C15H31N/c1-4-6-8-15(7-5-2)13-16-11-9-14(3)10-12-16/h14-15H,4-13H2,1-3H3. The van der Waals surface area contributed by atoms with Gasteiger partial charge in [-0.05, 0) is 50.6 Å². The highest BCUT2D eigenvalue weighted by Gasteiger charge is 2.18. The van der Waals surface area contributed by atoms with Crippen LogP contribution in [0.25, 0.3) is 0 Å². The van der Waals surface area contributed by atoms with Crippen LogP contribution in [0.3, 0.4) is 0 Å². The van der Waals surface area contributed by atoms with Crippen LogP contribution in [0, 0.1) is 11.8 Å². The first-order valence-electron chi connectivity index (χ1n) is 7.48. The fourth-order valence-electron chi connectivity index (χ4n) is 2.84. The third-order valence-corrected chi connectivity index (χ3v) is 4.06. The van der Waals surface area contributed by atoms with E-state index in [2.05, 4.69) is 25.7 Å². The highest BCUT2D eigenvalue weighted by molar-refractivity contribution is 4.72. The van der Waals surface area contributed by atoms with Crippen molar-refractivity contribution in [3.63, 3.8) is 0 Å². The van der Waals surface area contributed by atoms with Crippen LogP contribution in [0.15, 0.2) is 0 Å². The van der Waals surface area contributed by atoms with Crippen molar-refractivity contribution in [3.05, 3.63) is 0 Å². The average Bonchev–Trinajstić information content (AvgIpc) is 2.29. The van der Waals surface area contributed by atoms with Crippen molar-refractivity contribution < 1.29 is 0 Å². The summed E-state index contributed by atoms with van der Waals surface area (Å²) < 4.78 is 0. The van der Waals surface area contributed by atoms with Crippen molar-refractivity contribution in [3.8, 4) is 0 Å². The lowest BCUT2D eigenvalue weighted by Gasteiger charge is -2.33. The maximum atomic E-state index is 2.72. The number of rotatable bonds is 7. The monoisotopic (exact) mass is 225 g/mol. The topological polar surface area (TPSA) is 3.24 Å². The average molecular weight is 225 g/mol. The maximum Gasteiger partial charge on any atom is 0.000966 e. The Morgan fingerprint density at radius 2 is 1.75 bits per heavy atom. The summed E-state index contributed by atoms with van der Waals surface area (Å²) in [6, 6.07) is 0. The molecule has 0 bridgehead atoms. The summed E-state index contributed by atoms with van der Waals surface area (Å²) in [4.78, 5) is 2.72. The molecule has 1 heterocycles. The molecule has 1 aliphatic heterocycles. The first-order valence-corrected chi connectivity index (χ1v) is 7.48. The lowest BCUT2D eigenvalue weighted by atomic mass is 9.94. The Bertz CT molecular complexity index is 159. The van der Waals surface area contributed by atoms with Crippen LogP contribution < -0.4 is 0 Å². The van der Waals surface area contributed by atoms with E-state index in [1.165, 1.54) is 64.6 Å². The minimum Gasteiger partial charge on any atom is -0.303 e. The summed E-state index contributed by atoms with van der Waals surface area (Å²) in [5.41, 5.74) is 0. The third kappa shape index (κ3) is 5.34. The van der Waals surface area contributed by atoms with Crippen molar-refractivity contribution >= 4 is 0 Å². The maximum absolute atomic E-state index is 2.72. The first-order chi connectivity index (χ1) is 7.76. The van der Waals surface area contributed by atoms with Gasteiger partial charge < -0.3 is 4.90 Å². The van der Waals surface area contributed by atoms with Crippen molar-refractivity contribution in [2.24, 2.45) is 11.8 Å². The van der Waals surface area contributed by atoms with Crippen LogP contribution in [-0.4, -0.2) is 24.5 Å². The fraction of sp³-hybridized carbons (Fsp3) is 1.00. The molecule has 1 atom stereocenters. The summed E-state index contributed by atoms with van der Waals surface area (Å²) in [5.74, 6) is 1.94. The third-order valence-electron chi connectivity index (χ3n) is 4.06. The molecule has 0 aromatic heterocycles. The van der Waals surface area contributed by atoms with Crippen molar-refractivity contribution in [1.29, 1.82) is 0 Å². The lowest BCUT2D eigenvalue weighted by molar-refractivity contribution is 0.158. The molecule has 1 nitrogen and oxygen atoms in total. The molecule has 0 radical (unpaired) electrons. The fourth-order valence-corrected chi connectivity index (χ4v) is 2.84. The molecule has 0 amide bonds. The quantitative estimate of drug-likeness (QED) is 0.623. The molecule has 1 saturated heterocycles. The molecule has 1 unspecified atom stereocenters. The van der Waals surface area contributed by atoms with Gasteiger partial charge in [0.25, 0.3) is 0 Å². The van der Waals surface area contributed by atoms with Gasteiger partial charge in [0.15, 0.2) is 0 Å². The first kappa shape index (κ1) is 14.0. The van der Waals surface area contributed by atoms with E-state index in [0.29, 0.717) is 0 Å². The lowest BCUT2D eigenvalue weighted by Crippen LogP contribution is -2.36. The van der Waals surface area contributed by atoms with Crippen molar-refractivity contribution in [1.82, 2.24) is 4.90 Å². The van der Waals surface area contributed by atoms with Crippen LogP contribution in [0.4, 0.5) is 0 Å². The minimum absolute atomic E-state index is 0.969. The number of nitrogens with zero attached hydrogens (tertiary/aromatic N) is 1. The summed E-state index contributed by atoms with van der Waals surface area (Å²) in [6.45, 7) is 11.1. The molecule has 16 heavy (non-hydrogen) atoms. The Hall–Kier alpha value is -0.0400. The molecule has 1 heteroatoms. The molecule has 96 valence electrons. The van der Waals surface area contributed by atoms with E-state index in [1.54, 1.807) is 0 Å². The van der Waals surface area contributed by atoms with Crippen LogP contribution in [0.2, 0.25) is 0 Å². The van der Waals surface area contributed by atoms with Gasteiger partial charge in [-0.25, -0.2) is 0 Å². The second-order valence-electron chi connectivity index (χ2n) is 5.78. The molecule has 1 fully saturated rings. The van der Waals surface area contributed by atoms with Gasteiger partial charge in [-0.2, -0.15) is 0 Å². The van der Waals surface area contributed by atoms with E-state index in [0.717, 1.165) is 11.8 Å². The number of likely N-dealkylation sites (tertiary alicyclic amines) is 1. The van der Waals surface area contributed by atoms with Crippen LogP contribution in [-0.2, 0) is 0 Å². The molecular weight excluding hydrogens is 194 g/mol. The van der Waals surface area contributed by atoms with E-state index < -0.39 is 0 Å².